The summed E-state index contributed by atoms with van der Waals surface area (Å²) in [5.74, 6) is 0.345. The van der Waals surface area contributed by atoms with Crippen molar-refractivity contribution in [3.8, 4) is 0 Å². The molecule has 3 heterocycles. The van der Waals surface area contributed by atoms with Crippen molar-refractivity contribution in [2.24, 2.45) is 0 Å². The van der Waals surface area contributed by atoms with E-state index in [-0.39, 0.29) is 0 Å². The summed E-state index contributed by atoms with van der Waals surface area (Å²) in [5, 5.41) is 3.29. The predicted octanol–water partition coefficient (Wildman–Crippen LogP) is 1.97. The highest BCUT2D eigenvalue weighted by Gasteiger charge is 2.26. The summed E-state index contributed by atoms with van der Waals surface area (Å²) in [6.07, 6.45) is 2.89. The molecule has 1 atom stereocenters. The van der Waals surface area contributed by atoms with Crippen molar-refractivity contribution in [1.29, 1.82) is 0 Å². The van der Waals surface area contributed by atoms with E-state index >= 15 is 0 Å². The van der Waals surface area contributed by atoms with Gasteiger partial charge in [0.05, 0.1) is 5.69 Å². The number of anilines is 1. The number of carbonyl (C=O) groups is 1. The van der Waals surface area contributed by atoms with Gasteiger partial charge in [0.2, 0.25) is 5.91 Å². The van der Waals surface area contributed by atoms with Crippen LogP contribution >= 0.6 is 11.3 Å². The minimum absolute atomic E-state index is 0.345. The first-order valence-electron chi connectivity index (χ1n) is 8.32. The highest BCUT2D eigenvalue weighted by atomic mass is 32.1. The van der Waals surface area contributed by atoms with Gasteiger partial charge in [-0.05, 0) is 33.2 Å². The SMILES string of the molecule is Cc1csc(N2CCN(CCCN3CCCC3=O)C[C@H]2C)n1. The first-order valence-corrected chi connectivity index (χ1v) is 9.20. The molecule has 1 aromatic rings. The second kappa shape index (κ2) is 6.96. The number of carbonyl (C=O) groups excluding carboxylic acids is 1. The van der Waals surface area contributed by atoms with Crippen molar-refractivity contribution in [2.45, 2.75) is 39.2 Å². The average Bonchev–Trinajstić information content (AvgIpc) is 3.08. The van der Waals surface area contributed by atoms with Gasteiger partial charge in [0, 0.05) is 50.6 Å². The molecule has 0 radical (unpaired) electrons. The third kappa shape index (κ3) is 3.60. The van der Waals surface area contributed by atoms with Gasteiger partial charge in [-0.2, -0.15) is 0 Å². The van der Waals surface area contributed by atoms with Crippen LogP contribution in [0.3, 0.4) is 0 Å². The maximum absolute atomic E-state index is 11.6. The zero-order valence-corrected chi connectivity index (χ0v) is 14.4. The summed E-state index contributed by atoms with van der Waals surface area (Å²) < 4.78 is 0. The van der Waals surface area contributed by atoms with E-state index in [1.54, 1.807) is 11.3 Å². The van der Waals surface area contributed by atoms with Crippen LogP contribution < -0.4 is 4.90 Å². The molecule has 1 amide bonds. The summed E-state index contributed by atoms with van der Waals surface area (Å²) in [5.41, 5.74) is 1.12. The monoisotopic (exact) mass is 322 g/mol. The predicted molar refractivity (Wildman–Crippen MR) is 90.5 cm³/mol. The third-order valence-corrected chi connectivity index (χ3v) is 5.63. The van der Waals surface area contributed by atoms with Crippen LogP contribution in [0.5, 0.6) is 0 Å². The maximum Gasteiger partial charge on any atom is 0.222 e. The Morgan fingerprint density at radius 1 is 1.32 bits per heavy atom. The number of rotatable bonds is 5. The van der Waals surface area contributed by atoms with Crippen LogP contribution in [0.4, 0.5) is 5.13 Å². The van der Waals surface area contributed by atoms with Crippen molar-refractivity contribution in [3.05, 3.63) is 11.1 Å². The van der Waals surface area contributed by atoms with Gasteiger partial charge in [-0.15, -0.1) is 11.3 Å². The lowest BCUT2D eigenvalue weighted by atomic mass is 10.2. The summed E-state index contributed by atoms with van der Waals surface area (Å²) in [6.45, 7) is 10.6. The van der Waals surface area contributed by atoms with Gasteiger partial charge in [0.25, 0.3) is 0 Å². The first-order chi connectivity index (χ1) is 10.6. The van der Waals surface area contributed by atoms with Gasteiger partial charge in [0.1, 0.15) is 0 Å². The van der Waals surface area contributed by atoms with Crippen LogP contribution in [0.25, 0.3) is 0 Å². The third-order valence-electron chi connectivity index (χ3n) is 4.64. The van der Waals surface area contributed by atoms with E-state index in [0.717, 1.165) is 69.4 Å². The highest BCUT2D eigenvalue weighted by molar-refractivity contribution is 7.13. The number of amides is 1. The molecule has 0 aromatic carbocycles. The molecule has 5 nitrogen and oxygen atoms in total. The van der Waals surface area contributed by atoms with Crippen molar-refractivity contribution in [2.75, 3.05) is 44.2 Å². The summed E-state index contributed by atoms with van der Waals surface area (Å²) in [6, 6.07) is 0.507. The Labute approximate surface area is 136 Å². The zero-order valence-electron chi connectivity index (χ0n) is 13.6. The van der Waals surface area contributed by atoms with Gasteiger partial charge in [-0.25, -0.2) is 4.98 Å². The molecule has 1 aromatic heterocycles. The molecule has 2 aliphatic heterocycles. The van der Waals surface area contributed by atoms with E-state index < -0.39 is 0 Å². The lowest BCUT2D eigenvalue weighted by molar-refractivity contribution is -0.127. The molecule has 0 aliphatic carbocycles. The quantitative estimate of drug-likeness (QED) is 0.831. The van der Waals surface area contributed by atoms with Crippen molar-refractivity contribution >= 4 is 22.4 Å². The molecular weight excluding hydrogens is 296 g/mol. The van der Waals surface area contributed by atoms with Gasteiger partial charge in [0.15, 0.2) is 5.13 Å². The Hall–Kier alpha value is -1.14. The van der Waals surface area contributed by atoms with Crippen LogP contribution in [0.15, 0.2) is 5.38 Å². The number of thiazole rings is 1. The lowest BCUT2D eigenvalue weighted by Gasteiger charge is -2.40. The molecule has 22 heavy (non-hydrogen) atoms. The van der Waals surface area contributed by atoms with E-state index in [1.807, 2.05) is 4.90 Å². The van der Waals surface area contributed by atoms with E-state index in [4.69, 9.17) is 0 Å². The lowest BCUT2D eigenvalue weighted by Crippen LogP contribution is -2.52. The Bertz CT molecular complexity index is 518. The van der Waals surface area contributed by atoms with Crippen molar-refractivity contribution in [3.63, 3.8) is 0 Å². The minimum Gasteiger partial charge on any atom is -0.343 e. The smallest absolute Gasteiger partial charge is 0.222 e. The van der Waals surface area contributed by atoms with Gasteiger partial charge < -0.3 is 9.80 Å². The van der Waals surface area contributed by atoms with Gasteiger partial charge >= 0.3 is 0 Å². The van der Waals surface area contributed by atoms with Gasteiger partial charge in [-0.1, -0.05) is 0 Å². The van der Waals surface area contributed by atoms with E-state index in [1.165, 1.54) is 0 Å². The van der Waals surface area contributed by atoms with Crippen LogP contribution in [-0.2, 0) is 4.79 Å². The molecule has 0 N–H and O–H groups in total. The molecule has 2 aliphatic rings. The molecule has 2 saturated heterocycles. The largest absolute Gasteiger partial charge is 0.343 e. The number of piperazine rings is 1. The second-order valence-electron chi connectivity index (χ2n) is 6.45. The average molecular weight is 322 g/mol. The number of hydrogen-bond donors (Lipinski definition) is 0. The molecule has 3 rings (SSSR count). The van der Waals surface area contributed by atoms with Crippen LogP contribution in [-0.4, -0.2) is 66.0 Å². The fourth-order valence-electron chi connectivity index (χ4n) is 3.42. The fourth-order valence-corrected chi connectivity index (χ4v) is 4.35. The number of aromatic nitrogens is 1. The molecule has 2 fully saturated rings. The zero-order chi connectivity index (χ0) is 15.5. The summed E-state index contributed by atoms with van der Waals surface area (Å²) in [4.78, 5) is 23.2. The Morgan fingerprint density at radius 3 is 2.82 bits per heavy atom. The standard InChI is InChI=1S/C16H26N4OS/c1-13-12-22-16(17-13)20-10-9-18(11-14(20)2)6-4-8-19-7-3-5-15(19)21/h12,14H,3-11H2,1-2H3/t14-/m1/s1. The number of likely N-dealkylation sites (tertiary alicyclic amines) is 1. The molecule has 0 bridgehead atoms. The van der Waals surface area contributed by atoms with E-state index in [2.05, 4.69) is 34.0 Å². The van der Waals surface area contributed by atoms with Gasteiger partial charge in [-0.3, -0.25) is 9.69 Å². The fraction of sp³-hybridized carbons (Fsp3) is 0.750. The molecule has 6 heteroatoms. The summed E-state index contributed by atoms with van der Waals surface area (Å²) in [7, 11) is 0. The van der Waals surface area contributed by atoms with Crippen LogP contribution in [0.1, 0.15) is 31.9 Å². The maximum atomic E-state index is 11.6. The normalized spacial score (nSPS) is 23.5. The summed E-state index contributed by atoms with van der Waals surface area (Å²) >= 11 is 1.75. The Morgan fingerprint density at radius 2 is 2.18 bits per heavy atom. The van der Waals surface area contributed by atoms with E-state index in [9.17, 15) is 4.79 Å². The minimum atomic E-state index is 0.345. The molecule has 0 saturated carbocycles. The van der Waals surface area contributed by atoms with Crippen LogP contribution in [0, 0.1) is 6.92 Å². The van der Waals surface area contributed by atoms with Crippen molar-refractivity contribution in [1.82, 2.24) is 14.8 Å². The molecular formula is C16H26N4OS. The second-order valence-corrected chi connectivity index (χ2v) is 7.29. The Kier molecular flexibility index (Phi) is 4.98. The first kappa shape index (κ1) is 15.7. The van der Waals surface area contributed by atoms with E-state index in [0.29, 0.717) is 11.9 Å². The number of hydrogen-bond acceptors (Lipinski definition) is 5. The van der Waals surface area contributed by atoms with Crippen LogP contribution in [0.2, 0.25) is 0 Å². The number of nitrogens with zero attached hydrogens (tertiary/aromatic N) is 4. The molecule has 0 spiro atoms. The molecule has 122 valence electrons. The van der Waals surface area contributed by atoms with Crippen molar-refractivity contribution < 1.29 is 4.79 Å². The number of aryl methyl sites for hydroxylation is 1. The molecule has 0 unspecified atom stereocenters. The Balaban J connectivity index is 1.43. The topological polar surface area (TPSA) is 39.7 Å². The highest BCUT2D eigenvalue weighted by Crippen LogP contribution is 2.24.